The molecule has 140 valence electrons. The minimum absolute atomic E-state index is 0.0994. The molecule has 0 aliphatic heterocycles. The number of halogens is 1. The maximum Gasteiger partial charge on any atom is 0.224 e. The number of carbonyl (C=O) groups is 1. The second kappa shape index (κ2) is 11.0. The molecule has 2 aromatic rings. The normalized spacial score (nSPS) is 11.3. The van der Waals surface area contributed by atoms with Crippen molar-refractivity contribution in [1.82, 2.24) is 15.5 Å². The van der Waals surface area contributed by atoms with Gasteiger partial charge in [0.25, 0.3) is 0 Å². The van der Waals surface area contributed by atoms with Crippen LogP contribution in [0, 0.1) is 0 Å². The van der Waals surface area contributed by atoms with Crippen LogP contribution in [0.5, 0.6) is 0 Å². The first kappa shape index (κ1) is 20.5. The Labute approximate surface area is 167 Å². The zero-order valence-electron chi connectivity index (χ0n) is 15.2. The molecule has 5 nitrogen and oxygen atoms in total. The zero-order chi connectivity index (χ0) is 18.8. The first-order chi connectivity index (χ1) is 12.6. The number of aliphatic imine (C=N–C) groups is 1. The summed E-state index contributed by atoms with van der Waals surface area (Å²) >= 11 is 5.21. The van der Waals surface area contributed by atoms with Crippen LogP contribution in [0.1, 0.15) is 23.8 Å². The molecule has 0 atom stereocenters. The van der Waals surface area contributed by atoms with E-state index in [0.717, 1.165) is 22.5 Å². The molecule has 26 heavy (non-hydrogen) atoms. The molecule has 0 bridgehead atoms. The molecule has 0 saturated carbocycles. The molecule has 1 aromatic carbocycles. The molecule has 0 spiro atoms. The second-order valence-electron chi connectivity index (χ2n) is 5.79. The van der Waals surface area contributed by atoms with Gasteiger partial charge < -0.3 is 15.5 Å². The van der Waals surface area contributed by atoms with Crippen molar-refractivity contribution in [3.05, 3.63) is 56.7 Å². The average Bonchev–Trinajstić information content (AvgIpc) is 3.15. The SMILES string of the molecule is CCNC(=NCc1cccs1)NCCC(=O)N(C)Cc1ccccc1Br. The van der Waals surface area contributed by atoms with Gasteiger partial charge in [-0.25, -0.2) is 4.99 Å². The molecule has 1 aromatic heterocycles. The maximum absolute atomic E-state index is 12.4. The number of rotatable bonds is 8. The zero-order valence-corrected chi connectivity index (χ0v) is 17.6. The molecule has 7 heteroatoms. The molecule has 2 rings (SSSR count). The Bertz CT molecular complexity index is 718. The summed E-state index contributed by atoms with van der Waals surface area (Å²) in [6, 6.07) is 12.0. The van der Waals surface area contributed by atoms with Crippen molar-refractivity contribution in [2.75, 3.05) is 20.1 Å². The highest BCUT2D eigenvalue weighted by molar-refractivity contribution is 9.10. The van der Waals surface area contributed by atoms with Crippen LogP contribution < -0.4 is 10.6 Å². The topological polar surface area (TPSA) is 56.7 Å². The van der Waals surface area contributed by atoms with Gasteiger partial charge >= 0.3 is 0 Å². The van der Waals surface area contributed by atoms with Gasteiger partial charge in [-0.3, -0.25) is 4.79 Å². The summed E-state index contributed by atoms with van der Waals surface area (Å²) in [5.41, 5.74) is 1.10. The molecule has 0 aliphatic rings. The number of guanidine groups is 1. The van der Waals surface area contributed by atoms with Crippen molar-refractivity contribution in [3.63, 3.8) is 0 Å². The first-order valence-corrected chi connectivity index (χ1v) is 10.3. The Kier molecular flexibility index (Phi) is 8.64. The molecule has 0 aliphatic carbocycles. The van der Waals surface area contributed by atoms with Crippen LogP contribution in [-0.4, -0.2) is 36.9 Å². The van der Waals surface area contributed by atoms with Crippen LogP contribution in [0.3, 0.4) is 0 Å². The number of hydrogen-bond acceptors (Lipinski definition) is 3. The number of nitrogens with one attached hydrogen (secondary N) is 2. The third kappa shape index (κ3) is 6.80. The lowest BCUT2D eigenvalue weighted by Crippen LogP contribution is -2.39. The smallest absolute Gasteiger partial charge is 0.224 e. The van der Waals surface area contributed by atoms with E-state index in [1.165, 1.54) is 4.88 Å². The van der Waals surface area contributed by atoms with E-state index < -0.39 is 0 Å². The summed E-state index contributed by atoms with van der Waals surface area (Å²) < 4.78 is 1.02. The van der Waals surface area contributed by atoms with Gasteiger partial charge in [-0.05, 0) is 30.0 Å². The molecular weight excluding hydrogens is 412 g/mol. The molecule has 0 radical (unpaired) electrons. The fourth-order valence-electron chi connectivity index (χ4n) is 2.35. The molecule has 0 unspecified atom stereocenters. The fraction of sp³-hybridized carbons (Fsp3) is 0.368. The number of hydrogen-bond donors (Lipinski definition) is 2. The van der Waals surface area contributed by atoms with Crippen molar-refractivity contribution in [3.8, 4) is 0 Å². The van der Waals surface area contributed by atoms with Gasteiger partial charge in [-0.15, -0.1) is 11.3 Å². The Morgan fingerprint density at radius 3 is 2.73 bits per heavy atom. The third-order valence-electron chi connectivity index (χ3n) is 3.74. The molecular formula is C19H25BrN4OS. The maximum atomic E-state index is 12.4. The van der Waals surface area contributed by atoms with Crippen molar-refractivity contribution in [1.29, 1.82) is 0 Å². The molecule has 0 fully saturated rings. The highest BCUT2D eigenvalue weighted by Crippen LogP contribution is 2.17. The number of thiophene rings is 1. The summed E-state index contributed by atoms with van der Waals surface area (Å²) in [5, 5.41) is 8.49. The standard InChI is InChI=1S/C19H25BrN4OS/c1-3-21-19(23-13-16-8-6-12-26-16)22-11-10-18(25)24(2)14-15-7-4-5-9-17(15)20/h4-9,12H,3,10-11,13-14H2,1-2H3,(H2,21,22,23). The Morgan fingerprint density at radius 2 is 2.04 bits per heavy atom. The van der Waals surface area contributed by atoms with Gasteiger partial charge in [0.05, 0.1) is 6.54 Å². The monoisotopic (exact) mass is 436 g/mol. The van der Waals surface area contributed by atoms with Gasteiger partial charge in [0, 0.05) is 42.5 Å². The summed E-state index contributed by atoms with van der Waals surface area (Å²) in [7, 11) is 1.83. The van der Waals surface area contributed by atoms with Crippen molar-refractivity contribution < 1.29 is 4.79 Å². The lowest BCUT2D eigenvalue weighted by Gasteiger charge is -2.19. The second-order valence-corrected chi connectivity index (χ2v) is 7.68. The van der Waals surface area contributed by atoms with E-state index >= 15 is 0 Å². The number of carbonyl (C=O) groups excluding carboxylic acids is 1. The quantitative estimate of drug-likeness (QED) is 0.490. The predicted molar refractivity (Wildman–Crippen MR) is 112 cm³/mol. The lowest BCUT2D eigenvalue weighted by molar-refractivity contribution is -0.130. The number of amides is 1. The van der Waals surface area contributed by atoms with Crippen LogP contribution in [0.15, 0.2) is 51.2 Å². The van der Waals surface area contributed by atoms with Crippen LogP contribution >= 0.6 is 27.3 Å². The Hall–Kier alpha value is -1.86. The van der Waals surface area contributed by atoms with Gasteiger partial charge in [-0.1, -0.05) is 40.2 Å². The molecule has 0 saturated heterocycles. The fourth-order valence-corrected chi connectivity index (χ4v) is 3.39. The van der Waals surface area contributed by atoms with Crippen LogP contribution in [-0.2, 0) is 17.9 Å². The van der Waals surface area contributed by atoms with Crippen LogP contribution in [0.2, 0.25) is 0 Å². The van der Waals surface area contributed by atoms with E-state index in [4.69, 9.17) is 0 Å². The van der Waals surface area contributed by atoms with E-state index in [0.29, 0.717) is 26.1 Å². The van der Waals surface area contributed by atoms with E-state index in [1.54, 1.807) is 16.2 Å². The predicted octanol–water partition coefficient (Wildman–Crippen LogP) is 3.61. The lowest BCUT2D eigenvalue weighted by atomic mass is 10.2. The molecule has 1 heterocycles. The van der Waals surface area contributed by atoms with E-state index in [9.17, 15) is 4.79 Å². The first-order valence-electron chi connectivity index (χ1n) is 8.62. The van der Waals surface area contributed by atoms with Crippen molar-refractivity contribution >= 4 is 39.1 Å². The third-order valence-corrected chi connectivity index (χ3v) is 5.37. The van der Waals surface area contributed by atoms with E-state index in [2.05, 4.69) is 37.6 Å². The Balaban J connectivity index is 1.79. The largest absolute Gasteiger partial charge is 0.357 e. The minimum atomic E-state index is 0.0994. The highest BCUT2D eigenvalue weighted by Gasteiger charge is 2.11. The summed E-state index contributed by atoms with van der Waals surface area (Å²) in [6.07, 6.45) is 0.421. The van der Waals surface area contributed by atoms with Crippen molar-refractivity contribution in [2.45, 2.75) is 26.4 Å². The number of benzene rings is 1. The summed E-state index contributed by atoms with van der Waals surface area (Å²) in [6.45, 7) is 4.59. The molecule has 1 amide bonds. The van der Waals surface area contributed by atoms with Crippen LogP contribution in [0.4, 0.5) is 0 Å². The minimum Gasteiger partial charge on any atom is -0.357 e. The van der Waals surface area contributed by atoms with E-state index in [1.807, 2.05) is 49.7 Å². The van der Waals surface area contributed by atoms with E-state index in [-0.39, 0.29) is 5.91 Å². The van der Waals surface area contributed by atoms with Gasteiger partial charge in [-0.2, -0.15) is 0 Å². The van der Waals surface area contributed by atoms with Gasteiger partial charge in [0.1, 0.15) is 0 Å². The summed E-state index contributed by atoms with van der Waals surface area (Å²) in [5.74, 6) is 0.838. The van der Waals surface area contributed by atoms with Crippen molar-refractivity contribution in [2.24, 2.45) is 4.99 Å². The summed E-state index contributed by atoms with van der Waals surface area (Å²) in [4.78, 5) is 19.9. The van der Waals surface area contributed by atoms with Gasteiger partial charge in [0.2, 0.25) is 5.91 Å². The highest BCUT2D eigenvalue weighted by atomic mass is 79.9. The Morgan fingerprint density at radius 1 is 1.23 bits per heavy atom. The number of nitrogens with zero attached hydrogens (tertiary/aromatic N) is 2. The molecule has 2 N–H and O–H groups in total. The van der Waals surface area contributed by atoms with Crippen LogP contribution in [0.25, 0.3) is 0 Å². The van der Waals surface area contributed by atoms with Gasteiger partial charge in [0.15, 0.2) is 5.96 Å². The average molecular weight is 437 g/mol.